The van der Waals surface area contributed by atoms with Crippen molar-refractivity contribution in [2.24, 2.45) is 0 Å². The Balaban J connectivity index is 0.00000100. The van der Waals surface area contributed by atoms with Crippen LogP contribution >= 0.6 is 0 Å². The molecular weight excluding hydrogens is 298 g/mol. The Kier molecular flexibility index (Phi) is 5.59. The van der Waals surface area contributed by atoms with Crippen LogP contribution in [0.3, 0.4) is 0 Å². The van der Waals surface area contributed by atoms with Crippen LogP contribution in [0.1, 0.15) is 55.5 Å². The number of nitrogens with two attached hydrogens (primary N) is 1. The summed E-state index contributed by atoms with van der Waals surface area (Å²) in [5, 5.41) is 16.7. The Hall–Kier alpha value is -2.80. The van der Waals surface area contributed by atoms with E-state index in [0.29, 0.717) is 22.5 Å². The molecule has 0 aliphatic heterocycles. The SMILES string of the molecule is CC.CC(=N)c1cc(OC2CCc3cc(C#N)ccc32)ccc1N. The summed E-state index contributed by atoms with van der Waals surface area (Å²) in [6, 6.07) is 13.3. The molecule has 1 atom stereocenters. The van der Waals surface area contributed by atoms with Crippen LogP contribution in [0.5, 0.6) is 5.75 Å². The third kappa shape index (κ3) is 3.57. The smallest absolute Gasteiger partial charge is 0.124 e. The van der Waals surface area contributed by atoms with Gasteiger partial charge in [-0.3, -0.25) is 0 Å². The second-order valence-corrected chi connectivity index (χ2v) is 5.54. The first-order chi connectivity index (χ1) is 11.6. The van der Waals surface area contributed by atoms with E-state index in [4.69, 9.17) is 21.1 Å². The van der Waals surface area contributed by atoms with E-state index in [-0.39, 0.29) is 6.10 Å². The quantitative estimate of drug-likeness (QED) is 0.639. The molecule has 0 fully saturated rings. The van der Waals surface area contributed by atoms with Gasteiger partial charge < -0.3 is 15.9 Å². The topological polar surface area (TPSA) is 82.9 Å². The molecule has 0 spiro atoms. The lowest BCUT2D eigenvalue weighted by molar-refractivity contribution is 0.207. The van der Waals surface area contributed by atoms with Crippen LogP contribution in [-0.4, -0.2) is 5.71 Å². The van der Waals surface area contributed by atoms with Gasteiger partial charge in [0.05, 0.1) is 11.6 Å². The van der Waals surface area contributed by atoms with Gasteiger partial charge in [-0.25, -0.2) is 0 Å². The van der Waals surface area contributed by atoms with Crippen LogP contribution in [0.2, 0.25) is 0 Å². The normalized spacial score (nSPS) is 14.8. The molecule has 0 amide bonds. The molecule has 0 heterocycles. The Labute approximate surface area is 143 Å². The number of rotatable bonds is 3. The Morgan fingerprint density at radius 2 is 2.00 bits per heavy atom. The molecule has 4 heteroatoms. The van der Waals surface area contributed by atoms with Gasteiger partial charge in [0.1, 0.15) is 11.9 Å². The van der Waals surface area contributed by atoms with Crippen molar-refractivity contribution < 1.29 is 4.74 Å². The first-order valence-corrected chi connectivity index (χ1v) is 8.23. The van der Waals surface area contributed by atoms with E-state index >= 15 is 0 Å². The number of nitrogen functional groups attached to an aromatic ring is 1. The average molecular weight is 321 g/mol. The van der Waals surface area contributed by atoms with Gasteiger partial charge in [-0.15, -0.1) is 0 Å². The van der Waals surface area contributed by atoms with Crippen molar-refractivity contribution >= 4 is 11.4 Å². The number of hydrogen-bond donors (Lipinski definition) is 2. The van der Waals surface area contributed by atoms with E-state index in [0.717, 1.165) is 24.2 Å². The van der Waals surface area contributed by atoms with E-state index in [1.165, 1.54) is 5.56 Å². The van der Waals surface area contributed by atoms with E-state index in [1.807, 2.05) is 44.2 Å². The minimum Gasteiger partial charge on any atom is -0.486 e. The number of benzene rings is 2. The molecule has 0 bridgehead atoms. The zero-order valence-corrected chi connectivity index (χ0v) is 14.4. The van der Waals surface area contributed by atoms with Gasteiger partial charge in [0.25, 0.3) is 0 Å². The first kappa shape index (κ1) is 17.6. The Bertz CT molecular complexity index is 790. The zero-order chi connectivity index (χ0) is 17.7. The Morgan fingerprint density at radius 3 is 2.67 bits per heavy atom. The van der Waals surface area contributed by atoms with Crippen LogP contribution < -0.4 is 10.5 Å². The third-order valence-electron chi connectivity index (χ3n) is 4.00. The van der Waals surface area contributed by atoms with Gasteiger partial charge in [0.2, 0.25) is 0 Å². The third-order valence-corrected chi connectivity index (χ3v) is 4.00. The maximum Gasteiger partial charge on any atom is 0.124 e. The number of aryl methyl sites for hydroxylation is 1. The molecular formula is C20H23N3O. The summed E-state index contributed by atoms with van der Waals surface area (Å²) in [7, 11) is 0. The molecule has 0 saturated heterocycles. The average Bonchev–Trinajstić information content (AvgIpc) is 3.00. The molecule has 3 rings (SSSR count). The number of hydrogen-bond acceptors (Lipinski definition) is 4. The lowest BCUT2D eigenvalue weighted by Gasteiger charge is -2.16. The fraction of sp³-hybridized carbons (Fsp3) is 0.300. The predicted molar refractivity (Wildman–Crippen MR) is 97.6 cm³/mol. The maximum absolute atomic E-state index is 8.97. The predicted octanol–water partition coefficient (Wildman–Crippen LogP) is 4.62. The molecule has 24 heavy (non-hydrogen) atoms. The number of nitriles is 1. The number of fused-ring (bicyclic) bond motifs is 1. The molecule has 0 saturated carbocycles. The number of nitrogens with zero attached hydrogens (tertiary/aromatic N) is 1. The monoisotopic (exact) mass is 321 g/mol. The van der Waals surface area contributed by atoms with Gasteiger partial charge in [0, 0.05) is 17.0 Å². The summed E-state index contributed by atoms with van der Waals surface area (Å²) in [6.07, 6.45) is 1.80. The molecule has 0 aromatic heterocycles. The van der Waals surface area contributed by atoms with Crippen LogP contribution in [0.4, 0.5) is 5.69 Å². The summed E-state index contributed by atoms with van der Waals surface area (Å²) >= 11 is 0. The van der Waals surface area contributed by atoms with Gasteiger partial charge >= 0.3 is 0 Å². The highest BCUT2D eigenvalue weighted by Crippen LogP contribution is 2.36. The summed E-state index contributed by atoms with van der Waals surface area (Å²) in [4.78, 5) is 0. The first-order valence-electron chi connectivity index (χ1n) is 8.23. The molecule has 1 aliphatic rings. The van der Waals surface area contributed by atoms with Gasteiger partial charge in [0.15, 0.2) is 0 Å². The fourth-order valence-electron chi connectivity index (χ4n) is 2.87. The highest BCUT2D eigenvalue weighted by Gasteiger charge is 2.24. The molecule has 3 N–H and O–H groups in total. The summed E-state index contributed by atoms with van der Waals surface area (Å²) in [5.74, 6) is 0.720. The van der Waals surface area contributed by atoms with Crippen molar-refractivity contribution in [3.8, 4) is 11.8 Å². The van der Waals surface area contributed by atoms with Crippen LogP contribution in [-0.2, 0) is 6.42 Å². The van der Waals surface area contributed by atoms with E-state index in [2.05, 4.69) is 6.07 Å². The lowest BCUT2D eigenvalue weighted by atomic mass is 10.1. The maximum atomic E-state index is 8.97. The van der Waals surface area contributed by atoms with Crippen molar-refractivity contribution in [2.75, 3.05) is 5.73 Å². The largest absolute Gasteiger partial charge is 0.486 e. The van der Waals surface area contributed by atoms with Crippen LogP contribution in [0, 0.1) is 16.7 Å². The van der Waals surface area contributed by atoms with Gasteiger partial charge in [-0.2, -0.15) is 5.26 Å². The lowest BCUT2D eigenvalue weighted by Crippen LogP contribution is -2.05. The molecule has 1 aliphatic carbocycles. The summed E-state index contributed by atoms with van der Waals surface area (Å²) in [5.41, 5.74) is 10.6. The molecule has 2 aromatic rings. The highest BCUT2D eigenvalue weighted by molar-refractivity contribution is 6.01. The zero-order valence-electron chi connectivity index (χ0n) is 14.4. The number of anilines is 1. The minimum absolute atomic E-state index is 0.00902. The van der Waals surface area contributed by atoms with Crippen molar-refractivity contribution in [2.45, 2.75) is 39.7 Å². The molecule has 1 unspecified atom stereocenters. The van der Waals surface area contributed by atoms with Crippen LogP contribution in [0.25, 0.3) is 0 Å². The Morgan fingerprint density at radius 1 is 1.25 bits per heavy atom. The van der Waals surface area contributed by atoms with Crippen LogP contribution in [0.15, 0.2) is 36.4 Å². The summed E-state index contributed by atoms with van der Waals surface area (Å²) < 4.78 is 6.09. The summed E-state index contributed by atoms with van der Waals surface area (Å²) in [6.45, 7) is 5.71. The van der Waals surface area contributed by atoms with Crippen molar-refractivity contribution in [1.29, 1.82) is 10.7 Å². The van der Waals surface area contributed by atoms with Crippen molar-refractivity contribution in [3.63, 3.8) is 0 Å². The second kappa shape index (κ2) is 7.65. The van der Waals surface area contributed by atoms with Crippen molar-refractivity contribution in [1.82, 2.24) is 0 Å². The fourth-order valence-corrected chi connectivity index (χ4v) is 2.87. The standard InChI is InChI=1S/C18H17N3O.C2H6/c1-11(20)16-9-14(4-6-17(16)21)22-18-7-3-13-8-12(10-19)2-5-15(13)18;1-2/h2,4-6,8-9,18,20H,3,7,21H2,1H3;1-2H3. The van der Waals surface area contributed by atoms with Crippen molar-refractivity contribution in [3.05, 3.63) is 58.7 Å². The number of ether oxygens (including phenoxy) is 1. The van der Waals surface area contributed by atoms with Gasteiger partial charge in [-0.05, 0) is 61.2 Å². The van der Waals surface area contributed by atoms with E-state index in [1.54, 1.807) is 13.0 Å². The number of nitrogens with one attached hydrogen (secondary N) is 1. The molecule has 0 radical (unpaired) electrons. The molecule has 2 aromatic carbocycles. The van der Waals surface area contributed by atoms with E-state index < -0.39 is 0 Å². The second-order valence-electron chi connectivity index (χ2n) is 5.54. The molecule has 124 valence electrons. The van der Waals surface area contributed by atoms with Gasteiger partial charge in [-0.1, -0.05) is 19.9 Å². The van der Waals surface area contributed by atoms with E-state index in [9.17, 15) is 0 Å². The molecule has 4 nitrogen and oxygen atoms in total. The minimum atomic E-state index is -0.00902. The highest BCUT2D eigenvalue weighted by atomic mass is 16.5.